The third kappa shape index (κ3) is 2.70. The molecule has 2 aromatic rings. The van der Waals surface area contributed by atoms with Crippen LogP contribution in [-0.2, 0) is 13.5 Å². The number of aromatic nitrogens is 2. The van der Waals surface area contributed by atoms with E-state index in [-0.39, 0.29) is 5.92 Å². The Morgan fingerprint density at radius 3 is 2.44 bits per heavy atom. The number of benzene rings is 1. The van der Waals surface area contributed by atoms with Crippen LogP contribution in [0.25, 0.3) is 0 Å². The molecule has 0 saturated heterocycles. The van der Waals surface area contributed by atoms with Gasteiger partial charge in [-0.15, -0.1) is 11.6 Å². The van der Waals surface area contributed by atoms with Gasteiger partial charge in [0, 0.05) is 24.4 Å². The lowest BCUT2D eigenvalue weighted by atomic mass is 9.94. The van der Waals surface area contributed by atoms with Crippen LogP contribution in [0.5, 0.6) is 0 Å². The maximum Gasteiger partial charge on any atom is 0.130 e. The van der Waals surface area contributed by atoms with Crippen LogP contribution in [-0.4, -0.2) is 15.7 Å². The van der Waals surface area contributed by atoms with Crippen molar-refractivity contribution in [1.82, 2.24) is 9.78 Å². The summed E-state index contributed by atoms with van der Waals surface area (Å²) in [5, 5.41) is 5.04. The Balaban J connectivity index is 2.26. The monoisotopic (exact) mass is 282 g/mol. The van der Waals surface area contributed by atoms with Crippen LogP contribution in [0.4, 0.5) is 0 Å². The number of hydrogen-bond donors (Lipinski definition) is 0. The molecular formula is C14H16Cl2N2. The van der Waals surface area contributed by atoms with Gasteiger partial charge in [0.05, 0.1) is 5.69 Å². The molecule has 0 N–H and O–H groups in total. The van der Waals surface area contributed by atoms with Gasteiger partial charge in [0.2, 0.25) is 0 Å². The number of aryl methyl sites for hydroxylation is 2. The molecule has 0 saturated carbocycles. The highest BCUT2D eigenvalue weighted by Crippen LogP contribution is 2.27. The van der Waals surface area contributed by atoms with Crippen molar-refractivity contribution < 1.29 is 0 Å². The van der Waals surface area contributed by atoms with Gasteiger partial charge in [0.25, 0.3) is 0 Å². The Labute approximate surface area is 118 Å². The normalized spacial score (nSPS) is 12.7. The SMILES string of the molecule is Cc1nn(C)c(Cl)c1CC(CCl)c1ccccc1. The quantitative estimate of drug-likeness (QED) is 0.777. The molecule has 0 aliphatic carbocycles. The molecule has 0 amide bonds. The van der Waals surface area contributed by atoms with Crippen molar-refractivity contribution in [3.05, 3.63) is 52.3 Å². The molecule has 0 aliphatic heterocycles. The summed E-state index contributed by atoms with van der Waals surface area (Å²) in [6.45, 7) is 1.98. The van der Waals surface area contributed by atoms with Gasteiger partial charge >= 0.3 is 0 Å². The minimum absolute atomic E-state index is 0.272. The first kappa shape index (κ1) is 13.4. The fraction of sp³-hybridized carbons (Fsp3) is 0.357. The number of rotatable bonds is 4. The predicted octanol–water partition coefficient (Wildman–Crippen LogP) is 3.95. The first-order valence-electron chi connectivity index (χ1n) is 5.92. The van der Waals surface area contributed by atoms with Gasteiger partial charge in [0.1, 0.15) is 5.15 Å². The highest BCUT2D eigenvalue weighted by Gasteiger charge is 2.17. The molecule has 1 atom stereocenters. The minimum atomic E-state index is 0.272. The van der Waals surface area contributed by atoms with Gasteiger partial charge in [-0.05, 0) is 18.9 Å². The summed E-state index contributed by atoms with van der Waals surface area (Å²) in [7, 11) is 1.86. The van der Waals surface area contributed by atoms with Crippen molar-refractivity contribution in [2.75, 3.05) is 5.88 Å². The smallest absolute Gasteiger partial charge is 0.130 e. The third-order valence-corrected chi connectivity index (χ3v) is 4.02. The Hall–Kier alpha value is -0.990. The fourth-order valence-corrected chi connectivity index (χ4v) is 2.68. The van der Waals surface area contributed by atoms with Crippen molar-refractivity contribution in [3.63, 3.8) is 0 Å². The molecule has 4 heteroatoms. The summed E-state index contributed by atoms with van der Waals surface area (Å²) >= 11 is 12.4. The number of alkyl halides is 1. The van der Waals surface area contributed by atoms with Crippen molar-refractivity contribution in [2.24, 2.45) is 7.05 Å². The average Bonchev–Trinajstić information content (AvgIpc) is 2.62. The topological polar surface area (TPSA) is 17.8 Å². The fourth-order valence-electron chi connectivity index (χ4n) is 2.14. The van der Waals surface area contributed by atoms with E-state index < -0.39 is 0 Å². The number of halogens is 2. The standard InChI is InChI=1S/C14H16Cl2N2/c1-10-13(14(16)18(2)17-10)8-12(9-15)11-6-4-3-5-7-11/h3-7,12H,8-9H2,1-2H3. The van der Waals surface area contributed by atoms with Crippen LogP contribution in [0, 0.1) is 6.92 Å². The van der Waals surface area contributed by atoms with Crippen molar-refractivity contribution in [2.45, 2.75) is 19.3 Å². The van der Waals surface area contributed by atoms with Crippen molar-refractivity contribution >= 4 is 23.2 Å². The van der Waals surface area contributed by atoms with Crippen LogP contribution < -0.4 is 0 Å². The van der Waals surface area contributed by atoms with Gasteiger partial charge in [-0.2, -0.15) is 5.10 Å². The average molecular weight is 283 g/mol. The van der Waals surface area contributed by atoms with Crippen molar-refractivity contribution in [3.8, 4) is 0 Å². The van der Waals surface area contributed by atoms with Crippen LogP contribution in [0.3, 0.4) is 0 Å². The second-order valence-electron chi connectivity index (χ2n) is 4.44. The lowest BCUT2D eigenvalue weighted by Gasteiger charge is -2.14. The third-order valence-electron chi connectivity index (χ3n) is 3.18. The van der Waals surface area contributed by atoms with Gasteiger partial charge in [-0.25, -0.2) is 0 Å². The maximum absolute atomic E-state index is 6.26. The molecule has 1 unspecified atom stereocenters. The van der Waals surface area contributed by atoms with E-state index in [0.717, 1.165) is 17.7 Å². The molecule has 0 fully saturated rings. The summed E-state index contributed by atoms with van der Waals surface area (Å²) in [4.78, 5) is 0. The molecule has 96 valence electrons. The molecule has 18 heavy (non-hydrogen) atoms. The number of hydrogen-bond acceptors (Lipinski definition) is 1. The van der Waals surface area contributed by atoms with Crippen LogP contribution in [0.1, 0.15) is 22.7 Å². The van der Waals surface area contributed by atoms with Gasteiger partial charge < -0.3 is 0 Å². The zero-order valence-electron chi connectivity index (χ0n) is 10.5. The second-order valence-corrected chi connectivity index (χ2v) is 5.11. The molecule has 0 spiro atoms. The van der Waals surface area contributed by atoms with E-state index >= 15 is 0 Å². The molecule has 1 aromatic heterocycles. The summed E-state index contributed by atoms with van der Waals surface area (Å²) in [6.07, 6.45) is 0.825. The molecule has 0 radical (unpaired) electrons. The lowest BCUT2D eigenvalue weighted by Crippen LogP contribution is -2.05. The van der Waals surface area contributed by atoms with E-state index in [1.165, 1.54) is 5.56 Å². The highest BCUT2D eigenvalue weighted by atomic mass is 35.5. The van der Waals surface area contributed by atoms with E-state index in [4.69, 9.17) is 23.2 Å². The van der Waals surface area contributed by atoms with E-state index in [1.54, 1.807) is 4.68 Å². The Morgan fingerprint density at radius 1 is 1.28 bits per heavy atom. The van der Waals surface area contributed by atoms with Gasteiger partial charge in [-0.1, -0.05) is 41.9 Å². The first-order valence-corrected chi connectivity index (χ1v) is 6.83. The van der Waals surface area contributed by atoms with Crippen LogP contribution in [0.2, 0.25) is 5.15 Å². The highest BCUT2D eigenvalue weighted by molar-refractivity contribution is 6.30. The minimum Gasteiger partial charge on any atom is -0.257 e. The molecular weight excluding hydrogens is 267 g/mol. The van der Waals surface area contributed by atoms with Crippen molar-refractivity contribution in [1.29, 1.82) is 0 Å². The van der Waals surface area contributed by atoms with E-state index in [2.05, 4.69) is 17.2 Å². The van der Waals surface area contributed by atoms with Gasteiger partial charge in [0.15, 0.2) is 0 Å². The zero-order valence-corrected chi connectivity index (χ0v) is 12.0. The molecule has 1 heterocycles. The molecule has 2 nitrogen and oxygen atoms in total. The largest absolute Gasteiger partial charge is 0.257 e. The maximum atomic E-state index is 6.26. The molecule has 0 bridgehead atoms. The Morgan fingerprint density at radius 2 is 1.94 bits per heavy atom. The van der Waals surface area contributed by atoms with E-state index in [9.17, 15) is 0 Å². The Kier molecular flexibility index (Phi) is 4.31. The summed E-state index contributed by atoms with van der Waals surface area (Å²) in [6, 6.07) is 10.3. The molecule has 1 aromatic carbocycles. The lowest BCUT2D eigenvalue weighted by molar-refractivity contribution is 0.753. The van der Waals surface area contributed by atoms with Crippen LogP contribution >= 0.6 is 23.2 Å². The molecule has 2 rings (SSSR count). The molecule has 0 aliphatic rings. The van der Waals surface area contributed by atoms with E-state index in [0.29, 0.717) is 11.0 Å². The Bertz CT molecular complexity index is 520. The predicted molar refractivity (Wildman–Crippen MR) is 76.6 cm³/mol. The first-order chi connectivity index (χ1) is 8.63. The zero-order chi connectivity index (χ0) is 13.1. The summed E-state index contributed by atoms with van der Waals surface area (Å²) in [5.74, 6) is 0.850. The summed E-state index contributed by atoms with van der Waals surface area (Å²) in [5.41, 5.74) is 3.31. The number of nitrogens with zero attached hydrogens (tertiary/aromatic N) is 2. The summed E-state index contributed by atoms with van der Waals surface area (Å²) < 4.78 is 1.71. The second kappa shape index (κ2) is 5.77. The van der Waals surface area contributed by atoms with Gasteiger partial charge in [-0.3, -0.25) is 4.68 Å². The van der Waals surface area contributed by atoms with E-state index in [1.807, 2.05) is 32.2 Å². The van der Waals surface area contributed by atoms with Crippen LogP contribution in [0.15, 0.2) is 30.3 Å².